The Kier molecular flexibility index (Phi) is 6.06. The summed E-state index contributed by atoms with van der Waals surface area (Å²) in [7, 11) is 2.20. The van der Waals surface area contributed by atoms with Crippen molar-refractivity contribution in [2.75, 3.05) is 13.6 Å². The van der Waals surface area contributed by atoms with Crippen molar-refractivity contribution >= 4 is 0 Å². The quantitative estimate of drug-likeness (QED) is 0.564. The first-order chi connectivity index (χ1) is 6.11. The molecule has 0 N–H and O–H groups in total. The van der Waals surface area contributed by atoms with Crippen LogP contribution in [-0.4, -0.2) is 24.5 Å². The molecule has 1 heteroatoms. The van der Waals surface area contributed by atoms with Crippen molar-refractivity contribution < 1.29 is 0 Å². The molecule has 0 radical (unpaired) electrons. The largest absolute Gasteiger partial charge is 0.299 e. The van der Waals surface area contributed by atoms with Crippen LogP contribution in [0.2, 0.25) is 0 Å². The van der Waals surface area contributed by atoms with Gasteiger partial charge in [0.25, 0.3) is 0 Å². The summed E-state index contributed by atoms with van der Waals surface area (Å²) in [6.07, 6.45) is 2.53. The zero-order valence-corrected chi connectivity index (χ0v) is 9.93. The van der Waals surface area contributed by atoms with Crippen LogP contribution < -0.4 is 0 Å². The summed E-state index contributed by atoms with van der Waals surface area (Å²) in [5.41, 5.74) is 1.39. The third kappa shape index (κ3) is 3.95. The van der Waals surface area contributed by atoms with Gasteiger partial charge in [-0.2, -0.15) is 0 Å². The maximum Gasteiger partial charge on any atom is 0.0190 e. The van der Waals surface area contributed by atoms with Crippen molar-refractivity contribution in [1.82, 2.24) is 4.90 Å². The fourth-order valence-corrected chi connectivity index (χ4v) is 1.96. The predicted octanol–water partition coefficient (Wildman–Crippen LogP) is 3.32. The molecule has 1 aliphatic rings. The van der Waals surface area contributed by atoms with Gasteiger partial charge in [-0.25, -0.2) is 0 Å². The van der Waals surface area contributed by atoms with Crippen LogP contribution in [0.5, 0.6) is 0 Å². The fourth-order valence-electron chi connectivity index (χ4n) is 1.96. The average molecular weight is 183 g/mol. The maximum atomic E-state index is 4.02. The van der Waals surface area contributed by atoms with Crippen LogP contribution in [-0.2, 0) is 0 Å². The molecule has 0 spiro atoms. The standard InChI is InChI=1S/C10H19N.C2H6/c1-8(2)10-6-5-9(3)7-11(10)4;1-2/h8,10H,3,5-7H2,1-2,4H3;1-2H3. The van der Waals surface area contributed by atoms with Crippen molar-refractivity contribution in [2.45, 2.75) is 46.6 Å². The van der Waals surface area contributed by atoms with E-state index in [2.05, 4.69) is 32.4 Å². The van der Waals surface area contributed by atoms with E-state index in [1.54, 1.807) is 0 Å². The van der Waals surface area contributed by atoms with Crippen molar-refractivity contribution in [3.8, 4) is 0 Å². The van der Waals surface area contributed by atoms with Crippen LogP contribution in [0.3, 0.4) is 0 Å². The van der Waals surface area contributed by atoms with Gasteiger partial charge in [-0.05, 0) is 25.8 Å². The fraction of sp³-hybridized carbons (Fsp3) is 0.833. The second-order valence-corrected chi connectivity index (χ2v) is 4.02. The number of hydrogen-bond acceptors (Lipinski definition) is 1. The Hall–Kier alpha value is -0.300. The van der Waals surface area contributed by atoms with E-state index in [4.69, 9.17) is 0 Å². The Morgan fingerprint density at radius 3 is 2.31 bits per heavy atom. The summed E-state index contributed by atoms with van der Waals surface area (Å²) in [4.78, 5) is 2.43. The Labute approximate surface area is 83.8 Å². The summed E-state index contributed by atoms with van der Waals surface area (Å²) >= 11 is 0. The van der Waals surface area contributed by atoms with E-state index in [1.165, 1.54) is 18.4 Å². The SMILES string of the molecule is C=C1CCC(C(C)C)N(C)C1.CC. The van der Waals surface area contributed by atoms with E-state index in [0.717, 1.165) is 18.5 Å². The molecular formula is C12H25N. The Morgan fingerprint density at radius 1 is 1.38 bits per heavy atom. The molecule has 0 bridgehead atoms. The second kappa shape index (κ2) is 6.20. The maximum absolute atomic E-state index is 4.02. The monoisotopic (exact) mass is 183 g/mol. The molecule has 1 atom stereocenters. The minimum atomic E-state index is 0.778. The molecule has 1 aliphatic heterocycles. The molecule has 0 amide bonds. The summed E-state index contributed by atoms with van der Waals surface area (Å²) in [6, 6.07) is 0.778. The van der Waals surface area contributed by atoms with Crippen molar-refractivity contribution in [3.63, 3.8) is 0 Å². The van der Waals surface area contributed by atoms with Crippen LogP contribution in [0.15, 0.2) is 12.2 Å². The van der Waals surface area contributed by atoms with Crippen LogP contribution in [0.4, 0.5) is 0 Å². The number of likely N-dealkylation sites (tertiary alicyclic amines) is 1. The lowest BCUT2D eigenvalue weighted by atomic mass is 9.92. The first kappa shape index (κ1) is 12.7. The van der Waals surface area contributed by atoms with Gasteiger partial charge in [0.2, 0.25) is 0 Å². The number of hydrogen-bond donors (Lipinski definition) is 0. The molecule has 1 unspecified atom stereocenters. The van der Waals surface area contributed by atoms with E-state index >= 15 is 0 Å². The normalized spacial score (nSPS) is 24.2. The number of rotatable bonds is 1. The second-order valence-electron chi connectivity index (χ2n) is 4.02. The van der Waals surface area contributed by atoms with E-state index < -0.39 is 0 Å². The molecule has 1 rings (SSSR count). The van der Waals surface area contributed by atoms with E-state index in [1.807, 2.05) is 13.8 Å². The lowest BCUT2D eigenvalue weighted by Gasteiger charge is -2.36. The van der Waals surface area contributed by atoms with Crippen molar-refractivity contribution in [1.29, 1.82) is 0 Å². The highest BCUT2D eigenvalue weighted by Crippen LogP contribution is 2.23. The summed E-state index contributed by atoms with van der Waals surface area (Å²) in [5, 5.41) is 0. The Bertz CT molecular complexity index is 149. The molecule has 0 aromatic rings. The summed E-state index contributed by atoms with van der Waals surface area (Å²) in [5.74, 6) is 0.785. The predicted molar refractivity (Wildman–Crippen MR) is 61.0 cm³/mol. The summed E-state index contributed by atoms with van der Waals surface area (Å²) in [6.45, 7) is 13.7. The van der Waals surface area contributed by atoms with Crippen LogP contribution in [0.1, 0.15) is 40.5 Å². The van der Waals surface area contributed by atoms with Gasteiger partial charge >= 0.3 is 0 Å². The van der Waals surface area contributed by atoms with Gasteiger partial charge in [0.15, 0.2) is 0 Å². The zero-order chi connectivity index (χ0) is 10.4. The van der Waals surface area contributed by atoms with Crippen LogP contribution >= 0.6 is 0 Å². The van der Waals surface area contributed by atoms with Gasteiger partial charge < -0.3 is 0 Å². The molecular weight excluding hydrogens is 158 g/mol. The number of nitrogens with zero attached hydrogens (tertiary/aromatic N) is 1. The number of likely N-dealkylation sites (N-methyl/N-ethyl adjacent to an activating group) is 1. The molecule has 0 aromatic heterocycles. The van der Waals surface area contributed by atoms with Gasteiger partial charge in [-0.1, -0.05) is 39.8 Å². The lowest BCUT2D eigenvalue weighted by Crippen LogP contribution is -2.40. The Morgan fingerprint density at radius 2 is 1.92 bits per heavy atom. The molecule has 1 saturated heterocycles. The molecule has 0 aliphatic carbocycles. The zero-order valence-electron chi connectivity index (χ0n) is 9.93. The van der Waals surface area contributed by atoms with Gasteiger partial charge in [0, 0.05) is 12.6 Å². The van der Waals surface area contributed by atoms with Crippen molar-refractivity contribution in [2.24, 2.45) is 5.92 Å². The smallest absolute Gasteiger partial charge is 0.0190 e. The van der Waals surface area contributed by atoms with Gasteiger partial charge in [0.05, 0.1) is 0 Å². The molecule has 0 saturated carbocycles. The molecule has 0 aromatic carbocycles. The number of piperidine rings is 1. The highest BCUT2D eigenvalue weighted by molar-refractivity contribution is 5.02. The minimum absolute atomic E-state index is 0.778. The van der Waals surface area contributed by atoms with Gasteiger partial charge in [-0.15, -0.1) is 0 Å². The van der Waals surface area contributed by atoms with Crippen LogP contribution in [0, 0.1) is 5.92 Å². The van der Waals surface area contributed by atoms with E-state index in [9.17, 15) is 0 Å². The third-order valence-corrected chi connectivity index (χ3v) is 2.60. The van der Waals surface area contributed by atoms with Crippen LogP contribution in [0.25, 0.3) is 0 Å². The van der Waals surface area contributed by atoms with E-state index in [0.29, 0.717) is 0 Å². The molecule has 1 nitrogen and oxygen atoms in total. The average Bonchev–Trinajstić information content (AvgIpc) is 2.07. The first-order valence-corrected chi connectivity index (χ1v) is 5.48. The van der Waals surface area contributed by atoms with Gasteiger partial charge in [0.1, 0.15) is 0 Å². The summed E-state index contributed by atoms with van der Waals surface area (Å²) < 4.78 is 0. The Balaban J connectivity index is 0.000000671. The highest BCUT2D eigenvalue weighted by atomic mass is 15.1. The lowest BCUT2D eigenvalue weighted by molar-refractivity contribution is 0.172. The van der Waals surface area contributed by atoms with E-state index in [-0.39, 0.29) is 0 Å². The van der Waals surface area contributed by atoms with Crippen molar-refractivity contribution in [3.05, 3.63) is 12.2 Å². The minimum Gasteiger partial charge on any atom is -0.299 e. The molecule has 13 heavy (non-hydrogen) atoms. The molecule has 1 fully saturated rings. The van der Waals surface area contributed by atoms with Gasteiger partial charge in [-0.3, -0.25) is 4.90 Å². The molecule has 1 heterocycles. The molecule has 78 valence electrons. The topological polar surface area (TPSA) is 3.24 Å². The first-order valence-electron chi connectivity index (χ1n) is 5.48. The third-order valence-electron chi connectivity index (χ3n) is 2.60. The highest BCUT2D eigenvalue weighted by Gasteiger charge is 2.22.